The molecule has 0 radical (unpaired) electrons. The van der Waals surface area contributed by atoms with Gasteiger partial charge in [0.15, 0.2) is 0 Å². The summed E-state index contributed by atoms with van der Waals surface area (Å²) in [6.07, 6.45) is 4.17. The second-order valence-electron chi connectivity index (χ2n) is 6.58. The molecule has 27 heavy (non-hydrogen) atoms. The van der Waals surface area contributed by atoms with E-state index >= 15 is 0 Å². The van der Waals surface area contributed by atoms with Crippen molar-refractivity contribution >= 4 is 17.5 Å². The van der Waals surface area contributed by atoms with E-state index in [0.717, 1.165) is 23.5 Å². The number of amides is 1. The van der Waals surface area contributed by atoms with E-state index < -0.39 is 0 Å². The van der Waals surface area contributed by atoms with Crippen LogP contribution in [-0.2, 0) is 0 Å². The number of nitrogens with two attached hydrogens (primary N) is 1. The molecular formula is C20H22ClN3O3. The highest BCUT2D eigenvalue weighted by Gasteiger charge is 2.19. The molecule has 2 atom stereocenters. The maximum absolute atomic E-state index is 12.0. The number of carbonyl (C=O) groups excluding carboxylic acids is 1. The van der Waals surface area contributed by atoms with Gasteiger partial charge < -0.3 is 20.0 Å². The van der Waals surface area contributed by atoms with Gasteiger partial charge in [0.2, 0.25) is 0 Å². The van der Waals surface area contributed by atoms with Crippen LogP contribution >= 0.6 is 11.6 Å². The molecule has 0 aliphatic carbocycles. The summed E-state index contributed by atoms with van der Waals surface area (Å²) in [5.41, 5.74) is 7.34. The van der Waals surface area contributed by atoms with Crippen LogP contribution in [0.3, 0.4) is 0 Å². The normalized spacial score (nSPS) is 13.3. The number of furan rings is 1. The van der Waals surface area contributed by atoms with Gasteiger partial charge in [-0.1, -0.05) is 28.9 Å². The van der Waals surface area contributed by atoms with E-state index in [0.29, 0.717) is 23.6 Å². The average molecular weight is 388 g/mol. The molecule has 0 fully saturated rings. The number of hydrogen-bond acceptors (Lipinski definition) is 5. The number of nitrogens with zero attached hydrogens (tertiary/aromatic N) is 1. The van der Waals surface area contributed by atoms with Crippen LogP contribution in [0.1, 0.15) is 41.8 Å². The first kappa shape index (κ1) is 19.2. The molecule has 142 valence electrons. The second kappa shape index (κ2) is 8.88. The first-order valence-electron chi connectivity index (χ1n) is 8.81. The van der Waals surface area contributed by atoms with Crippen molar-refractivity contribution in [2.45, 2.75) is 31.7 Å². The largest absolute Gasteiger partial charge is 0.461 e. The lowest BCUT2D eigenvalue weighted by molar-refractivity contribution is 0.0951. The number of rotatable bonds is 8. The molecule has 0 aliphatic rings. The van der Waals surface area contributed by atoms with E-state index in [1.165, 1.54) is 12.5 Å². The van der Waals surface area contributed by atoms with E-state index in [2.05, 4.69) is 15.0 Å². The number of aromatic nitrogens is 1. The minimum Gasteiger partial charge on any atom is -0.461 e. The molecule has 2 aromatic heterocycles. The Morgan fingerprint density at radius 2 is 2.19 bits per heavy atom. The fraction of sp³-hybridized carbons (Fsp3) is 0.300. The Bertz CT molecular complexity index is 874. The summed E-state index contributed by atoms with van der Waals surface area (Å²) in [7, 11) is 0. The molecule has 2 unspecified atom stereocenters. The fourth-order valence-electron chi connectivity index (χ4n) is 2.97. The molecule has 1 aromatic carbocycles. The standard InChI is InChI=1S/C20H22ClN3O3/c1-13(22)9-15(7-8-23-20(25)16-11-24-26-12-16)19-6-5-18(27-19)14-3-2-4-17(21)10-14/h2-6,10-13,15H,7-9,22H2,1H3,(H,23,25). The van der Waals surface area contributed by atoms with Gasteiger partial charge in [-0.15, -0.1) is 0 Å². The molecule has 7 heteroatoms. The van der Waals surface area contributed by atoms with E-state index in [9.17, 15) is 4.79 Å². The molecular weight excluding hydrogens is 366 g/mol. The molecule has 1 amide bonds. The molecule has 0 spiro atoms. The summed E-state index contributed by atoms with van der Waals surface area (Å²) in [6.45, 7) is 2.46. The van der Waals surface area contributed by atoms with Gasteiger partial charge in [-0.05, 0) is 44.0 Å². The molecule has 2 heterocycles. The van der Waals surface area contributed by atoms with Gasteiger partial charge in [0, 0.05) is 29.1 Å². The number of carbonyl (C=O) groups is 1. The van der Waals surface area contributed by atoms with Gasteiger partial charge in [0.25, 0.3) is 5.91 Å². The Balaban J connectivity index is 1.66. The zero-order valence-electron chi connectivity index (χ0n) is 15.0. The van der Waals surface area contributed by atoms with Crippen molar-refractivity contribution in [3.8, 4) is 11.3 Å². The van der Waals surface area contributed by atoms with Crippen molar-refractivity contribution < 1.29 is 13.7 Å². The van der Waals surface area contributed by atoms with E-state index in [4.69, 9.17) is 21.8 Å². The summed E-state index contributed by atoms with van der Waals surface area (Å²) in [6, 6.07) is 11.4. The minimum absolute atomic E-state index is 0.0171. The van der Waals surface area contributed by atoms with Crippen LogP contribution in [0, 0.1) is 0 Å². The van der Waals surface area contributed by atoms with Gasteiger partial charge in [-0.2, -0.15) is 0 Å². The molecule has 3 aromatic rings. The van der Waals surface area contributed by atoms with Crippen molar-refractivity contribution in [1.82, 2.24) is 10.5 Å². The van der Waals surface area contributed by atoms with Crippen molar-refractivity contribution in [3.63, 3.8) is 0 Å². The van der Waals surface area contributed by atoms with Gasteiger partial charge in [-0.25, -0.2) is 0 Å². The van der Waals surface area contributed by atoms with Crippen LogP contribution in [0.25, 0.3) is 11.3 Å². The summed E-state index contributed by atoms with van der Waals surface area (Å²) in [5.74, 6) is 1.49. The van der Waals surface area contributed by atoms with Crippen molar-refractivity contribution in [2.75, 3.05) is 6.54 Å². The zero-order chi connectivity index (χ0) is 19.2. The lowest BCUT2D eigenvalue weighted by Gasteiger charge is -2.17. The summed E-state index contributed by atoms with van der Waals surface area (Å²) < 4.78 is 10.8. The van der Waals surface area contributed by atoms with Crippen LogP contribution in [0.4, 0.5) is 0 Å². The third-order valence-corrected chi connectivity index (χ3v) is 4.50. The smallest absolute Gasteiger partial charge is 0.256 e. The molecule has 0 aliphatic heterocycles. The van der Waals surface area contributed by atoms with Crippen LogP contribution in [0.5, 0.6) is 0 Å². The van der Waals surface area contributed by atoms with Crippen molar-refractivity contribution in [1.29, 1.82) is 0 Å². The molecule has 3 N–H and O–H groups in total. The maximum Gasteiger partial charge on any atom is 0.256 e. The minimum atomic E-state index is -0.213. The number of benzene rings is 1. The Hall–Kier alpha value is -2.57. The average Bonchev–Trinajstić information content (AvgIpc) is 3.32. The highest BCUT2D eigenvalue weighted by atomic mass is 35.5. The summed E-state index contributed by atoms with van der Waals surface area (Å²) in [4.78, 5) is 12.0. The Kier molecular flexibility index (Phi) is 6.32. The lowest BCUT2D eigenvalue weighted by atomic mass is 9.95. The molecule has 0 saturated carbocycles. The van der Waals surface area contributed by atoms with Gasteiger partial charge >= 0.3 is 0 Å². The first-order valence-corrected chi connectivity index (χ1v) is 9.19. The van der Waals surface area contributed by atoms with Crippen molar-refractivity contribution in [3.05, 3.63) is 65.2 Å². The van der Waals surface area contributed by atoms with Crippen LogP contribution < -0.4 is 11.1 Å². The van der Waals surface area contributed by atoms with E-state index in [1.54, 1.807) is 0 Å². The fourth-order valence-corrected chi connectivity index (χ4v) is 3.16. The SMILES string of the molecule is CC(N)CC(CCNC(=O)c1cnoc1)c1ccc(-c2cccc(Cl)c2)o1. The topological polar surface area (TPSA) is 94.3 Å². The second-order valence-corrected chi connectivity index (χ2v) is 7.02. The van der Waals surface area contributed by atoms with Crippen LogP contribution in [0.15, 0.2) is 57.8 Å². The molecule has 3 rings (SSSR count). The third-order valence-electron chi connectivity index (χ3n) is 4.27. The number of halogens is 1. The molecule has 0 bridgehead atoms. The van der Waals surface area contributed by atoms with E-state index in [1.807, 2.05) is 43.3 Å². The van der Waals surface area contributed by atoms with Gasteiger partial charge in [0.05, 0.1) is 11.8 Å². The lowest BCUT2D eigenvalue weighted by Crippen LogP contribution is -2.26. The Morgan fingerprint density at radius 1 is 1.33 bits per heavy atom. The quantitative estimate of drug-likeness (QED) is 0.603. The summed E-state index contributed by atoms with van der Waals surface area (Å²) in [5, 5.41) is 7.06. The number of hydrogen-bond donors (Lipinski definition) is 2. The first-order chi connectivity index (χ1) is 13.0. The Labute approximate surface area is 162 Å². The van der Waals surface area contributed by atoms with Crippen LogP contribution in [-0.4, -0.2) is 23.7 Å². The third kappa shape index (κ3) is 5.21. The zero-order valence-corrected chi connectivity index (χ0v) is 15.8. The predicted octanol–water partition coefficient (Wildman–Crippen LogP) is 4.23. The summed E-state index contributed by atoms with van der Waals surface area (Å²) >= 11 is 6.06. The van der Waals surface area contributed by atoms with Gasteiger partial charge in [-0.3, -0.25) is 4.79 Å². The van der Waals surface area contributed by atoms with Crippen molar-refractivity contribution in [2.24, 2.45) is 5.73 Å². The molecule has 0 saturated heterocycles. The van der Waals surface area contributed by atoms with Gasteiger partial charge in [0.1, 0.15) is 17.8 Å². The Morgan fingerprint density at radius 3 is 2.89 bits per heavy atom. The van der Waals surface area contributed by atoms with E-state index in [-0.39, 0.29) is 17.9 Å². The monoisotopic (exact) mass is 387 g/mol. The van der Waals surface area contributed by atoms with Crippen LogP contribution in [0.2, 0.25) is 5.02 Å². The highest BCUT2D eigenvalue weighted by molar-refractivity contribution is 6.30. The molecule has 6 nitrogen and oxygen atoms in total. The number of nitrogens with one attached hydrogen (secondary N) is 1. The highest BCUT2D eigenvalue weighted by Crippen LogP contribution is 2.31. The maximum atomic E-state index is 12.0. The predicted molar refractivity (Wildman–Crippen MR) is 104 cm³/mol.